The van der Waals surface area contributed by atoms with Gasteiger partial charge in [-0.2, -0.15) is 0 Å². The molecule has 6 rings (SSSR count). The van der Waals surface area contributed by atoms with Gasteiger partial charge in [0.15, 0.2) is 0 Å². The van der Waals surface area contributed by atoms with Crippen LogP contribution in [0, 0.1) is 6.92 Å². The molecule has 5 aromatic rings. The first-order valence-electron chi connectivity index (χ1n) is 14.3. The minimum Gasteiger partial charge on any atom is -0.437 e. The summed E-state index contributed by atoms with van der Waals surface area (Å²) in [6, 6.07) is 19.7. The zero-order valence-corrected chi connectivity index (χ0v) is 23.3. The Balaban J connectivity index is 1.50. The molecule has 38 heavy (non-hydrogen) atoms. The van der Waals surface area contributed by atoms with Gasteiger partial charge in [0.05, 0.1) is 11.4 Å². The quantitative estimate of drug-likeness (QED) is 0.240. The lowest BCUT2D eigenvalue weighted by molar-refractivity contribution is 0.442. The van der Waals surface area contributed by atoms with E-state index in [-0.39, 0.29) is 0 Å². The molecule has 0 atom stereocenters. The van der Waals surface area contributed by atoms with Crippen molar-refractivity contribution in [1.29, 1.82) is 0 Å². The van der Waals surface area contributed by atoms with E-state index in [0.717, 1.165) is 33.3 Å². The molecule has 1 saturated carbocycles. The normalized spacial score (nSPS) is 14.8. The van der Waals surface area contributed by atoms with E-state index in [1.807, 2.05) is 6.20 Å². The summed E-state index contributed by atoms with van der Waals surface area (Å²) in [5.41, 5.74) is 11.3. The highest BCUT2D eigenvalue weighted by atomic mass is 16.3. The lowest BCUT2D eigenvalue weighted by Crippen LogP contribution is -2.07. The van der Waals surface area contributed by atoms with E-state index >= 15 is 0 Å². The molecule has 0 bridgehead atoms. The summed E-state index contributed by atoms with van der Waals surface area (Å²) in [5, 5.41) is 2.15. The summed E-state index contributed by atoms with van der Waals surface area (Å²) < 4.78 is 6.57. The number of furan rings is 1. The summed E-state index contributed by atoms with van der Waals surface area (Å²) >= 11 is 0. The number of para-hydroxylation sites is 1. The van der Waals surface area contributed by atoms with Gasteiger partial charge in [-0.05, 0) is 84.0 Å². The Morgan fingerprint density at radius 1 is 0.789 bits per heavy atom. The summed E-state index contributed by atoms with van der Waals surface area (Å²) in [6.45, 7) is 11.2. The number of hydrogen-bond acceptors (Lipinski definition) is 3. The molecular weight excluding hydrogens is 464 g/mol. The van der Waals surface area contributed by atoms with Crippen molar-refractivity contribution in [2.45, 2.75) is 84.5 Å². The number of hydrogen-bond donors (Lipinski definition) is 0. The van der Waals surface area contributed by atoms with Gasteiger partial charge in [0.25, 0.3) is 0 Å². The maximum Gasteiger partial charge on any atom is 0.227 e. The van der Waals surface area contributed by atoms with E-state index < -0.39 is 0 Å². The molecule has 1 fully saturated rings. The predicted octanol–water partition coefficient (Wildman–Crippen LogP) is 10.3. The Labute approximate surface area is 226 Å². The molecule has 1 aliphatic rings. The molecule has 1 aliphatic carbocycles. The van der Waals surface area contributed by atoms with Crippen molar-refractivity contribution in [3.05, 3.63) is 83.0 Å². The number of aromatic nitrogens is 2. The lowest BCUT2D eigenvalue weighted by Gasteiger charge is -2.24. The van der Waals surface area contributed by atoms with Crippen molar-refractivity contribution < 1.29 is 4.42 Å². The van der Waals surface area contributed by atoms with Crippen LogP contribution in [0.3, 0.4) is 0 Å². The summed E-state index contributed by atoms with van der Waals surface area (Å²) in [7, 11) is 0. The molecule has 2 aromatic carbocycles. The number of rotatable bonds is 5. The molecule has 0 radical (unpaired) electrons. The fraction of sp³-hybridized carbons (Fsp3) is 0.371. The molecule has 0 spiro atoms. The van der Waals surface area contributed by atoms with Crippen LogP contribution in [0.15, 0.2) is 65.2 Å². The van der Waals surface area contributed by atoms with E-state index in [2.05, 4.69) is 89.2 Å². The summed E-state index contributed by atoms with van der Waals surface area (Å²) in [4.78, 5) is 9.99. The average molecular weight is 503 g/mol. The van der Waals surface area contributed by atoms with Crippen LogP contribution in [0.5, 0.6) is 0 Å². The lowest BCUT2D eigenvalue weighted by atomic mass is 9.82. The average Bonchev–Trinajstić information content (AvgIpc) is 3.31. The Morgan fingerprint density at radius 2 is 1.50 bits per heavy atom. The van der Waals surface area contributed by atoms with Gasteiger partial charge in [-0.15, -0.1) is 0 Å². The highest BCUT2D eigenvalue weighted by Crippen LogP contribution is 2.40. The van der Waals surface area contributed by atoms with E-state index in [9.17, 15) is 0 Å². The molecule has 0 N–H and O–H groups in total. The third-order valence-electron chi connectivity index (χ3n) is 8.46. The minimum atomic E-state index is 0.412. The third kappa shape index (κ3) is 4.32. The fourth-order valence-electron chi connectivity index (χ4n) is 6.41. The van der Waals surface area contributed by atoms with Crippen molar-refractivity contribution in [2.24, 2.45) is 0 Å². The molecule has 3 aromatic heterocycles. The van der Waals surface area contributed by atoms with Crippen molar-refractivity contribution >= 4 is 22.1 Å². The first-order chi connectivity index (χ1) is 18.4. The van der Waals surface area contributed by atoms with Crippen molar-refractivity contribution in [1.82, 2.24) is 9.97 Å². The van der Waals surface area contributed by atoms with Gasteiger partial charge in [0, 0.05) is 28.1 Å². The Bertz CT molecular complexity index is 1590. The second-order valence-corrected chi connectivity index (χ2v) is 11.7. The second kappa shape index (κ2) is 10.0. The molecular formula is C35H38N2O. The molecule has 0 unspecified atom stereocenters. The molecule has 0 amide bonds. The largest absolute Gasteiger partial charge is 0.437 e. The Morgan fingerprint density at radius 3 is 2.21 bits per heavy atom. The van der Waals surface area contributed by atoms with E-state index in [1.54, 1.807) is 0 Å². The Kier molecular flexibility index (Phi) is 6.55. The summed E-state index contributed by atoms with van der Waals surface area (Å²) in [5.74, 6) is 1.46. The van der Waals surface area contributed by atoms with Crippen molar-refractivity contribution in [3.8, 4) is 22.5 Å². The second-order valence-electron chi connectivity index (χ2n) is 11.7. The number of nitrogens with zero attached hydrogens (tertiary/aromatic N) is 2. The van der Waals surface area contributed by atoms with E-state index in [4.69, 9.17) is 14.4 Å². The van der Waals surface area contributed by atoms with Crippen molar-refractivity contribution in [3.63, 3.8) is 0 Å². The highest BCUT2D eigenvalue weighted by Gasteiger charge is 2.21. The van der Waals surface area contributed by atoms with Crippen LogP contribution in [0.25, 0.3) is 44.6 Å². The SMILES string of the molecule is Cc1cnc(-c2cccc3c2oc2nc(-c4c(C(C)C)cccc4C(C)C)ccc23)cc1C1CCCCC1. The molecule has 3 heteroatoms. The number of aryl methyl sites for hydroxylation is 1. The Hall–Kier alpha value is -3.46. The van der Waals surface area contributed by atoms with E-state index in [0.29, 0.717) is 23.5 Å². The predicted molar refractivity (Wildman–Crippen MR) is 159 cm³/mol. The van der Waals surface area contributed by atoms with Gasteiger partial charge in [-0.1, -0.05) is 77.3 Å². The number of benzene rings is 2. The molecule has 0 saturated heterocycles. The van der Waals surface area contributed by atoms with Gasteiger partial charge >= 0.3 is 0 Å². The maximum atomic E-state index is 6.57. The summed E-state index contributed by atoms with van der Waals surface area (Å²) in [6.07, 6.45) is 8.62. The minimum absolute atomic E-state index is 0.412. The molecule has 3 nitrogen and oxygen atoms in total. The molecule has 3 heterocycles. The van der Waals surface area contributed by atoms with Gasteiger partial charge in [0.2, 0.25) is 5.71 Å². The van der Waals surface area contributed by atoms with Gasteiger partial charge < -0.3 is 4.42 Å². The van der Waals surface area contributed by atoms with Crippen molar-refractivity contribution in [2.75, 3.05) is 0 Å². The van der Waals surface area contributed by atoms with Crippen LogP contribution < -0.4 is 0 Å². The van der Waals surface area contributed by atoms with Gasteiger partial charge in [-0.25, -0.2) is 4.98 Å². The first kappa shape index (κ1) is 24.9. The topological polar surface area (TPSA) is 38.9 Å². The van der Waals surface area contributed by atoms with Gasteiger partial charge in [0.1, 0.15) is 5.58 Å². The number of fused-ring (bicyclic) bond motifs is 3. The maximum absolute atomic E-state index is 6.57. The smallest absolute Gasteiger partial charge is 0.227 e. The standard InChI is InChI=1S/C35H38N2O/c1-21(2)25-13-9-14-26(22(3)4)33(25)31-18-17-28-27-15-10-16-29(34(27)38-35(28)37-31)32-19-30(23(5)20-36-32)24-11-7-6-8-12-24/h9-10,13-22,24H,6-8,11-12H2,1-5H3. The highest BCUT2D eigenvalue weighted by molar-refractivity contribution is 6.08. The zero-order valence-electron chi connectivity index (χ0n) is 23.3. The van der Waals surface area contributed by atoms with Crippen LogP contribution in [0.2, 0.25) is 0 Å². The first-order valence-corrected chi connectivity index (χ1v) is 14.3. The van der Waals surface area contributed by atoms with Crippen LogP contribution in [-0.4, -0.2) is 9.97 Å². The molecule has 0 aliphatic heterocycles. The van der Waals surface area contributed by atoms with Crippen LogP contribution in [0.4, 0.5) is 0 Å². The van der Waals surface area contributed by atoms with E-state index in [1.165, 1.54) is 59.9 Å². The molecule has 194 valence electrons. The van der Waals surface area contributed by atoms with Crippen LogP contribution in [0.1, 0.15) is 99.8 Å². The zero-order chi connectivity index (χ0) is 26.4. The van der Waals surface area contributed by atoms with Crippen LogP contribution in [-0.2, 0) is 0 Å². The fourth-order valence-corrected chi connectivity index (χ4v) is 6.41. The monoisotopic (exact) mass is 502 g/mol. The third-order valence-corrected chi connectivity index (χ3v) is 8.46. The van der Waals surface area contributed by atoms with Gasteiger partial charge in [-0.3, -0.25) is 4.98 Å². The number of pyridine rings is 2. The van der Waals surface area contributed by atoms with Crippen LogP contribution >= 0.6 is 0 Å².